The molecule has 2 aromatic rings. The zero-order valence-corrected chi connectivity index (χ0v) is 13.2. The first-order valence-electron chi connectivity index (χ1n) is 7.05. The number of hydrogen-bond donors (Lipinski definition) is 1. The van der Waals surface area contributed by atoms with Crippen molar-refractivity contribution in [2.75, 3.05) is 0 Å². The maximum atomic E-state index is 12.7. The third-order valence-corrected chi connectivity index (χ3v) is 3.21. The van der Waals surface area contributed by atoms with Crippen LogP contribution in [0.25, 0.3) is 0 Å². The molecular weight excluding hydrogens is 280 g/mol. The Bertz CT molecular complexity index is 669. The highest BCUT2D eigenvalue weighted by Gasteiger charge is 2.30. The summed E-state index contributed by atoms with van der Waals surface area (Å²) in [6.45, 7) is 7.28. The Labute approximate surface area is 129 Å². The van der Waals surface area contributed by atoms with Gasteiger partial charge in [-0.25, -0.2) is 5.01 Å². The van der Waals surface area contributed by atoms with Crippen molar-refractivity contribution < 1.29 is 14.0 Å². The van der Waals surface area contributed by atoms with Gasteiger partial charge in [-0.3, -0.25) is 15.0 Å². The van der Waals surface area contributed by atoms with Crippen LogP contribution in [0.3, 0.4) is 0 Å². The minimum Gasteiger partial charge on any atom is -0.469 e. The molecule has 1 aromatic carbocycles. The number of nitrogens with one attached hydrogen (secondary N) is 1. The number of hydrogen-bond acceptors (Lipinski definition) is 3. The van der Waals surface area contributed by atoms with Crippen LogP contribution in [0.4, 0.5) is 0 Å². The summed E-state index contributed by atoms with van der Waals surface area (Å²) < 4.78 is 5.13. The molecule has 0 radical (unpaired) electrons. The predicted octanol–water partition coefficient (Wildman–Crippen LogP) is 3.17. The smallest absolute Gasteiger partial charge is 0.273 e. The third-order valence-electron chi connectivity index (χ3n) is 3.21. The summed E-state index contributed by atoms with van der Waals surface area (Å²) in [5, 5.41) is 1.34. The first kappa shape index (κ1) is 15.8. The fraction of sp³-hybridized carbons (Fsp3) is 0.294. The van der Waals surface area contributed by atoms with Crippen molar-refractivity contribution in [1.82, 2.24) is 10.4 Å². The standard InChI is InChI=1S/C17H20N2O3/c1-12-14(10-11-22-12)15(20)18-19(17(2,3)4)16(21)13-8-6-5-7-9-13/h5-11H,1-4H3,(H,18,20). The summed E-state index contributed by atoms with van der Waals surface area (Å²) in [5.41, 5.74) is 3.04. The van der Waals surface area contributed by atoms with Gasteiger partial charge in [-0.1, -0.05) is 18.2 Å². The lowest BCUT2D eigenvalue weighted by Gasteiger charge is -2.35. The second-order valence-corrected chi connectivity index (χ2v) is 6.01. The van der Waals surface area contributed by atoms with Gasteiger partial charge in [0.1, 0.15) is 5.76 Å². The Morgan fingerprint density at radius 3 is 2.23 bits per heavy atom. The van der Waals surface area contributed by atoms with Crippen LogP contribution < -0.4 is 5.43 Å². The van der Waals surface area contributed by atoms with E-state index in [1.54, 1.807) is 37.3 Å². The van der Waals surface area contributed by atoms with E-state index in [2.05, 4.69) is 5.43 Å². The van der Waals surface area contributed by atoms with Crippen LogP contribution in [-0.2, 0) is 0 Å². The molecule has 0 spiro atoms. The second kappa shape index (κ2) is 6.05. The lowest BCUT2D eigenvalue weighted by Crippen LogP contribution is -2.55. The van der Waals surface area contributed by atoms with Gasteiger partial charge in [-0.15, -0.1) is 0 Å². The minimum atomic E-state index is -0.569. The van der Waals surface area contributed by atoms with Crippen molar-refractivity contribution in [1.29, 1.82) is 0 Å². The van der Waals surface area contributed by atoms with Crippen LogP contribution in [0, 0.1) is 6.92 Å². The Morgan fingerprint density at radius 1 is 1.09 bits per heavy atom. The average Bonchev–Trinajstić information content (AvgIpc) is 2.90. The van der Waals surface area contributed by atoms with Crippen molar-refractivity contribution in [2.24, 2.45) is 0 Å². The van der Waals surface area contributed by atoms with Gasteiger partial charge < -0.3 is 4.42 Å². The molecule has 1 aromatic heterocycles. The molecular formula is C17H20N2O3. The molecule has 1 N–H and O–H groups in total. The summed E-state index contributed by atoms with van der Waals surface area (Å²) in [5.74, 6) is -0.119. The van der Waals surface area contributed by atoms with E-state index in [9.17, 15) is 9.59 Å². The molecule has 0 aliphatic heterocycles. The Hall–Kier alpha value is -2.56. The largest absolute Gasteiger partial charge is 0.469 e. The van der Waals surface area contributed by atoms with Crippen molar-refractivity contribution in [2.45, 2.75) is 33.2 Å². The monoisotopic (exact) mass is 300 g/mol. The normalized spacial score (nSPS) is 11.1. The quantitative estimate of drug-likeness (QED) is 0.866. The van der Waals surface area contributed by atoms with Gasteiger partial charge in [0.15, 0.2) is 0 Å². The highest BCUT2D eigenvalue weighted by molar-refractivity contribution is 5.99. The molecule has 0 atom stereocenters. The molecule has 0 aliphatic carbocycles. The summed E-state index contributed by atoms with van der Waals surface area (Å²) in [6.07, 6.45) is 1.45. The maximum Gasteiger partial charge on any atom is 0.273 e. The summed E-state index contributed by atoms with van der Waals surface area (Å²) in [6, 6.07) is 10.4. The van der Waals surface area contributed by atoms with E-state index in [4.69, 9.17) is 4.42 Å². The highest BCUT2D eigenvalue weighted by Crippen LogP contribution is 2.16. The second-order valence-electron chi connectivity index (χ2n) is 6.01. The van der Waals surface area contributed by atoms with Gasteiger partial charge in [-0.2, -0.15) is 0 Å². The topological polar surface area (TPSA) is 62.6 Å². The minimum absolute atomic E-state index is 0.261. The van der Waals surface area contributed by atoms with E-state index >= 15 is 0 Å². The van der Waals surface area contributed by atoms with E-state index in [0.29, 0.717) is 16.9 Å². The molecule has 1 heterocycles. The predicted molar refractivity (Wildman–Crippen MR) is 83.3 cm³/mol. The number of aryl methyl sites for hydroxylation is 1. The van der Waals surface area contributed by atoms with E-state index in [1.807, 2.05) is 26.8 Å². The number of carbonyl (C=O) groups excluding carboxylic acids is 2. The third kappa shape index (κ3) is 3.36. The van der Waals surface area contributed by atoms with E-state index in [1.165, 1.54) is 11.3 Å². The fourth-order valence-corrected chi connectivity index (χ4v) is 2.02. The maximum absolute atomic E-state index is 12.7. The van der Waals surface area contributed by atoms with Crippen LogP contribution in [0.1, 0.15) is 47.2 Å². The summed E-state index contributed by atoms with van der Waals surface area (Å²) in [7, 11) is 0. The van der Waals surface area contributed by atoms with E-state index in [0.717, 1.165) is 0 Å². The van der Waals surface area contributed by atoms with Gasteiger partial charge in [0.25, 0.3) is 11.8 Å². The van der Waals surface area contributed by atoms with Crippen LogP contribution in [0.2, 0.25) is 0 Å². The molecule has 22 heavy (non-hydrogen) atoms. The molecule has 0 fully saturated rings. The molecule has 0 saturated carbocycles. The molecule has 2 amide bonds. The molecule has 0 saturated heterocycles. The van der Waals surface area contributed by atoms with Crippen molar-refractivity contribution in [3.05, 3.63) is 59.5 Å². The van der Waals surface area contributed by atoms with Crippen molar-refractivity contribution in [3.63, 3.8) is 0 Å². The van der Waals surface area contributed by atoms with Crippen molar-refractivity contribution in [3.8, 4) is 0 Å². The van der Waals surface area contributed by atoms with Gasteiger partial charge >= 0.3 is 0 Å². The van der Waals surface area contributed by atoms with Gasteiger partial charge in [0.2, 0.25) is 0 Å². The fourth-order valence-electron chi connectivity index (χ4n) is 2.02. The molecule has 2 rings (SSSR count). The van der Waals surface area contributed by atoms with Gasteiger partial charge in [0.05, 0.1) is 17.4 Å². The summed E-state index contributed by atoms with van der Waals surface area (Å²) in [4.78, 5) is 25.0. The summed E-state index contributed by atoms with van der Waals surface area (Å²) >= 11 is 0. The number of amides is 2. The molecule has 0 bridgehead atoms. The van der Waals surface area contributed by atoms with Gasteiger partial charge in [-0.05, 0) is 45.9 Å². The molecule has 0 unspecified atom stereocenters. The molecule has 116 valence electrons. The SMILES string of the molecule is Cc1occc1C(=O)NN(C(=O)c1ccccc1)C(C)(C)C. The Kier molecular flexibility index (Phi) is 4.35. The van der Waals surface area contributed by atoms with Crippen molar-refractivity contribution >= 4 is 11.8 Å². The first-order valence-corrected chi connectivity index (χ1v) is 7.05. The molecule has 5 heteroatoms. The Balaban J connectivity index is 2.27. The Morgan fingerprint density at radius 2 is 1.73 bits per heavy atom. The number of rotatable bonds is 2. The number of benzene rings is 1. The van der Waals surface area contributed by atoms with E-state index in [-0.39, 0.29) is 11.8 Å². The van der Waals surface area contributed by atoms with Crippen LogP contribution >= 0.6 is 0 Å². The van der Waals surface area contributed by atoms with Crippen LogP contribution in [0.15, 0.2) is 47.1 Å². The van der Waals surface area contributed by atoms with Crippen LogP contribution in [0.5, 0.6) is 0 Å². The molecule has 5 nitrogen and oxygen atoms in total. The number of hydrazine groups is 1. The van der Waals surface area contributed by atoms with Crippen LogP contribution in [-0.4, -0.2) is 22.4 Å². The average molecular weight is 300 g/mol. The highest BCUT2D eigenvalue weighted by atomic mass is 16.3. The zero-order valence-electron chi connectivity index (χ0n) is 13.2. The number of carbonyl (C=O) groups is 2. The number of furan rings is 1. The lowest BCUT2D eigenvalue weighted by molar-refractivity contribution is 0.0358. The van der Waals surface area contributed by atoms with E-state index < -0.39 is 5.54 Å². The lowest BCUT2D eigenvalue weighted by atomic mass is 10.1. The zero-order chi connectivity index (χ0) is 16.3. The number of nitrogens with zero attached hydrogens (tertiary/aromatic N) is 1. The molecule has 0 aliphatic rings. The van der Waals surface area contributed by atoms with Gasteiger partial charge in [0, 0.05) is 5.56 Å². The first-order chi connectivity index (χ1) is 10.3.